The molecule has 0 amide bonds. The van der Waals surface area contributed by atoms with Crippen LogP contribution in [0, 0.1) is 0 Å². The van der Waals surface area contributed by atoms with E-state index in [1.54, 1.807) is 12.1 Å². The molecule has 0 saturated carbocycles. The molecule has 0 bridgehead atoms. The largest absolute Gasteiger partial charge is 0.504 e. The van der Waals surface area contributed by atoms with Crippen molar-refractivity contribution in [2.75, 3.05) is 0 Å². The Morgan fingerprint density at radius 2 is 0.871 bits per heavy atom. The van der Waals surface area contributed by atoms with E-state index < -0.39 is 0 Å². The summed E-state index contributed by atoms with van der Waals surface area (Å²) in [6, 6.07) is 31.3. The number of rotatable bonds is 8. The van der Waals surface area contributed by atoms with Gasteiger partial charge in [0.05, 0.1) is 0 Å². The molecular formula is C28H26O3. The van der Waals surface area contributed by atoms with Crippen molar-refractivity contribution < 1.29 is 14.9 Å². The van der Waals surface area contributed by atoms with Crippen molar-refractivity contribution in [2.24, 2.45) is 0 Å². The lowest BCUT2D eigenvalue weighted by Crippen LogP contribution is -1.99. The molecule has 2 N–H and O–H groups in total. The van der Waals surface area contributed by atoms with Gasteiger partial charge in [0, 0.05) is 0 Å². The SMILES string of the molecule is Oc1cccc(CCc2ccccc2)c1Oc1c(O)cccc1CCc1ccccc1. The van der Waals surface area contributed by atoms with Gasteiger partial charge in [-0.2, -0.15) is 0 Å². The zero-order valence-electron chi connectivity index (χ0n) is 17.4. The first-order chi connectivity index (χ1) is 15.2. The number of aromatic hydroxyl groups is 2. The fourth-order valence-corrected chi connectivity index (χ4v) is 3.72. The Labute approximate surface area is 183 Å². The molecule has 4 aromatic carbocycles. The Bertz CT molecular complexity index is 1030. The number of phenols is 2. The Kier molecular flexibility index (Phi) is 6.53. The Balaban J connectivity index is 1.57. The second-order valence-corrected chi connectivity index (χ2v) is 7.60. The van der Waals surface area contributed by atoms with E-state index in [1.807, 2.05) is 60.7 Å². The van der Waals surface area contributed by atoms with E-state index in [0.717, 1.165) is 36.8 Å². The molecule has 0 fully saturated rings. The van der Waals surface area contributed by atoms with Crippen molar-refractivity contribution in [3.63, 3.8) is 0 Å². The number of hydrogen-bond acceptors (Lipinski definition) is 3. The third-order valence-corrected chi connectivity index (χ3v) is 5.41. The molecule has 0 aliphatic rings. The van der Waals surface area contributed by atoms with Crippen molar-refractivity contribution in [1.29, 1.82) is 0 Å². The smallest absolute Gasteiger partial charge is 0.172 e. The van der Waals surface area contributed by atoms with Crippen LogP contribution in [0.2, 0.25) is 0 Å². The van der Waals surface area contributed by atoms with Gasteiger partial charge in [0.2, 0.25) is 0 Å². The molecule has 156 valence electrons. The highest BCUT2D eigenvalue weighted by molar-refractivity contribution is 5.53. The number of hydrogen-bond donors (Lipinski definition) is 2. The highest BCUT2D eigenvalue weighted by Crippen LogP contribution is 2.40. The molecule has 0 unspecified atom stereocenters. The average molecular weight is 411 g/mol. The summed E-state index contributed by atoms with van der Waals surface area (Å²) in [5, 5.41) is 21.1. The van der Waals surface area contributed by atoms with E-state index in [1.165, 1.54) is 11.1 Å². The molecule has 0 radical (unpaired) electrons. The van der Waals surface area contributed by atoms with Gasteiger partial charge in [0.25, 0.3) is 0 Å². The van der Waals surface area contributed by atoms with Crippen molar-refractivity contribution in [3.8, 4) is 23.0 Å². The number of benzene rings is 4. The van der Waals surface area contributed by atoms with Crippen LogP contribution in [0.5, 0.6) is 23.0 Å². The summed E-state index contributed by atoms with van der Waals surface area (Å²) in [5.74, 6) is 0.951. The topological polar surface area (TPSA) is 49.7 Å². The number of phenolic OH excluding ortho intramolecular Hbond substituents is 2. The molecule has 0 heterocycles. The molecule has 4 rings (SSSR count). The fourth-order valence-electron chi connectivity index (χ4n) is 3.72. The summed E-state index contributed by atoms with van der Waals surface area (Å²) in [4.78, 5) is 0. The van der Waals surface area contributed by atoms with Crippen LogP contribution in [0.15, 0.2) is 97.1 Å². The third kappa shape index (κ3) is 5.26. The first kappa shape index (κ1) is 20.5. The molecule has 0 aliphatic heterocycles. The van der Waals surface area contributed by atoms with E-state index in [9.17, 15) is 10.2 Å². The van der Waals surface area contributed by atoms with Gasteiger partial charge in [-0.15, -0.1) is 0 Å². The van der Waals surface area contributed by atoms with Crippen LogP contribution in [-0.2, 0) is 25.7 Å². The standard InChI is InChI=1S/C28H26O3/c29-25-15-7-13-23(19-17-21-9-3-1-4-10-21)27(25)31-28-24(14-8-16-26(28)30)20-18-22-11-5-2-6-12-22/h1-16,29-30H,17-20H2. The van der Waals surface area contributed by atoms with Crippen LogP contribution in [0.3, 0.4) is 0 Å². The third-order valence-electron chi connectivity index (χ3n) is 5.41. The van der Waals surface area contributed by atoms with Gasteiger partial charge in [-0.1, -0.05) is 84.9 Å². The van der Waals surface area contributed by atoms with Gasteiger partial charge in [0.1, 0.15) is 0 Å². The molecule has 4 aromatic rings. The first-order valence-electron chi connectivity index (χ1n) is 10.6. The zero-order chi connectivity index (χ0) is 21.5. The minimum Gasteiger partial charge on any atom is -0.504 e. The maximum atomic E-state index is 10.5. The normalized spacial score (nSPS) is 10.7. The summed E-state index contributed by atoms with van der Waals surface area (Å²) in [6.45, 7) is 0. The van der Waals surface area contributed by atoms with Gasteiger partial charge in [0.15, 0.2) is 23.0 Å². The lowest BCUT2D eigenvalue weighted by molar-refractivity contribution is 0.379. The monoisotopic (exact) mass is 410 g/mol. The van der Waals surface area contributed by atoms with E-state index >= 15 is 0 Å². The molecule has 0 spiro atoms. The molecule has 0 aliphatic carbocycles. The van der Waals surface area contributed by atoms with Crippen molar-refractivity contribution in [1.82, 2.24) is 0 Å². The summed E-state index contributed by atoms with van der Waals surface area (Å²) >= 11 is 0. The maximum absolute atomic E-state index is 10.5. The highest BCUT2D eigenvalue weighted by atomic mass is 16.5. The summed E-state index contributed by atoms with van der Waals surface area (Å²) < 4.78 is 6.18. The maximum Gasteiger partial charge on any atom is 0.172 e. The number of ether oxygens (including phenoxy) is 1. The lowest BCUT2D eigenvalue weighted by atomic mass is 10.0. The van der Waals surface area contributed by atoms with Crippen LogP contribution in [0.1, 0.15) is 22.3 Å². The van der Waals surface area contributed by atoms with E-state index in [-0.39, 0.29) is 11.5 Å². The second kappa shape index (κ2) is 9.86. The van der Waals surface area contributed by atoms with Crippen LogP contribution in [0.4, 0.5) is 0 Å². The van der Waals surface area contributed by atoms with E-state index in [0.29, 0.717) is 11.5 Å². The molecule has 0 atom stereocenters. The summed E-state index contributed by atoms with van der Waals surface area (Å²) in [6.07, 6.45) is 3.12. The number of aryl methyl sites for hydroxylation is 4. The van der Waals surface area contributed by atoms with Crippen molar-refractivity contribution in [3.05, 3.63) is 119 Å². The summed E-state index contributed by atoms with van der Waals surface area (Å²) in [7, 11) is 0. The van der Waals surface area contributed by atoms with Crippen molar-refractivity contribution in [2.45, 2.75) is 25.7 Å². The Hall–Kier alpha value is -3.72. The average Bonchev–Trinajstić information content (AvgIpc) is 2.81. The van der Waals surface area contributed by atoms with E-state index in [4.69, 9.17) is 4.74 Å². The quantitative estimate of drug-likeness (QED) is 0.350. The fraction of sp³-hybridized carbons (Fsp3) is 0.143. The molecule has 0 saturated heterocycles. The molecule has 3 nitrogen and oxygen atoms in total. The zero-order valence-corrected chi connectivity index (χ0v) is 17.4. The lowest BCUT2D eigenvalue weighted by Gasteiger charge is -2.17. The van der Waals surface area contributed by atoms with Crippen molar-refractivity contribution >= 4 is 0 Å². The predicted octanol–water partition coefficient (Wildman–Crippen LogP) is 6.46. The van der Waals surface area contributed by atoms with Gasteiger partial charge in [-0.25, -0.2) is 0 Å². The highest BCUT2D eigenvalue weighted by Gasteiger charge is 2.16. The van der Waals surface area contributed by atoms with Crippen LogP contribution in [0.25, 0.3) is 0 Å². The molecule has 3 heteroatoms. The Morgan fingerprint density at radius 1 is 0.452 bits per heavy atom. The predicted molar refractivity (Wildman–Crippen MR) is 124 cm³/mol. The van der Waals surface area contributed by atoms with E-state index in [2.05, 4.69) is 24.3 Å². The van der Waals surface area contributed by atoms with Crippen LogP contribution < -0.4 is 4.74 Å². The molecule has 0 aromatic heterocycles. The van der Waals surface area contributed by atoms with Gasteiger partial charge in [-0.3, -0.25) is 0 Å². The first-order valence-corrected chi connectivity index (χ1v) is 10.6. The molecular weight excluding hydrogens is 384 g/mol. The van der Waals surface area contributed by atoms with Gasteiger partial charge >= 0.3 is 0 Å². The van der Waals surface area contributed by atoms with Crippen LogP contribution in [-0.4, -0.2) is 10.2 Å². The summed E-state index contributed by atoms with van der Waals surface area (Å²) in [5.41, 5.74) is 4.26. The van der Waals surface area contributed by atoms with Gasteiger partial charge < -0.3 is 14.9 Å². The van der Waals surface area contributed by atoms with Crippen LogP contribution >= 0.6 is 0 Å². The second-order valence-electron chi connectivity index (χ2n) is 7.60. The Morgan fingerprint density at radius 3 is 1.29 bits per heavy atom. The number of para-hydroxylation sites is 2. The minimum atomic E-state index is 0.0721. The minimum absolute atomic E-state index is 0.0721. The van der Waals surface area contributed by atoms with Gasteiger partial charge in [-0.05, 0) is 60.1 Å². The molecule has 31 heavy (non-hydrogen) atoms.